The van der Waals surface area contributed by atoms with E-state index < -0.39 is 12.1 Å². The maximum atomic E-state index is 11.5. The summed E-state index contributed by atoms with van der Waals surface area (Å²) in [6, 6.07) is 1.53. The molecule has 8 heteroatoms. The fourth-order valence-corrected chi connectivity index (χ4v) is 1.65. The minimum Gasteiger partial charge on any atom is -0.481 e. The minimum atomic E-state index is -0.963. The van der Waals surface area contributed by atoms with Crippen LogP contribution in [0.2, 0.25) is 0 Å². The highest BCUT2D eigenvalue weighted by Gasteiger charge is 2.13. The van der Waals surface area contributed by atoms with Gasteiger partial charge in [-0.1, -0.05) is 0 Å². The number of urea groups is 1. The summed E-state index contributed by atoms with van der Waals surface area (Å²) in [6.45, 7) is 0.627. The summed E-state index contributed by atoms with van der Waals surface area (Å²) in [5.41, 5.74) is 1.02. The van der Waals surface area contributed by atoms with E-state index in [-0.39, 0.29) is 19.0 Å². The van der Waals surface area contributed by atoms with Gasteiger partial charge in [-0.2, -0.15) is 5.10 Å². The van der Waals surface area contributed by atoms with Gasteiger partial charge in [0.05, 0.1) is 12.5 Å². The van der Waals surface area contributed by atoms with E-state index in [4.69, 9.17) is 9.84 Å². The van der Waals surface area contributed by atoms with E-state index in [1.54, 1.807) is 10.9 Å². The molecule has 1 aromatic rings. The van der Waals surface area contributed by atoms with Crippen LogP contribution in [0.3, 0.4) is 0 Å². The first kappa shape index (κ1) is 16.0. The Bertz CT molecular complexity index is 446. The van der Waals surface area contributed by atoms with Gasteiger partial charge in [-0.3, -0.25) is 9.48 Å². The largest absolute Gasteiger partial charge is 0.481 e. The summed E-state index contributed by atoms with van der Waals surface area (Å²) >= 11 is 0. The number of carboxylic acid groups (broad SMARTS) is 1. The monoisotopic (exact) mass is 284 g/mol. The zero-order valence-electron chi connectivity index (χ0n) is 11.6. The summed E-state index contributed by atoms with van der Waals surface area (Å²) in [5.74, 6) is -0.963. The first-order chi connectivity index (χ1) is 9.52. The van der Waals surface area contributed by atoms with Gasteiger partial charge in [0.15, 0.2) is 0 Å². The third kappa shape index (κ3) is 5.70. The van der Waals surface area contributed by atoms with Crippen molar-refractivity contribution in [3.8, 4) is 0 Å². The fraction of sp³-hybridized carbons (Fsp3) is 0.583. The lowest BCUT2D eigenvalue weighted by Crippen LogP contribution is -2.41. The van der Waals surface area contributed by atoms with E-state index in [1.807, 2.05) is 13.1 Å². The topological polar surface area (TPSA) is 105 Å². The molecule has 0 aromatic carbocycles. The number of methoxy groups -OCH3 is 1. The van der Waals surface area contributed by atoms with Crippen molar-refractivity contribution in [3.05, 3.63) is 18.0 Å². The highest BCUT2D eigenvalue weighted by molar-refractivity contribution is 5.74. The van der Waals surface area contributed by atoms with Crippen molar-refractivity contribution in [3.63, 3.8) is 0 Å². The Morgan fingerprint density at radius 1 is 1.50 bits per heavy atom. The number of rotatable bonds is 8. The van der Waals surface area contributed by atoms with E-state index in [9.17, 15) is 9.59 Å². The molecule has 1 rings (SSSR count). The van der Waals surface area contributed by atoms with Crippen LogP contribution in [-0.2, 0) is 23.0 Å². The standard InChI is InChI=1S/C12H20N4O4/c1-16-9(4-6-15-16)3-5-13-12(19)14-8-10(20-2)7-11(17)18/h4,6,10H,3,5,7-8H2,1-2H3,(H,17,18)(H2,13,14,19). The van der Waals surface area contributed by atoms with Gasteiger partial charge >= 0.3 is 12.0 Å². The van der Waals surface area contributed by atoms with Crippen LogP contribution in [0, 0.1) is 0 Å². The molecular formula is C12H20N4O4. The number of nitrogens with one attached hydrogen (secondary N) is 2. The molecule has 0 bridgehead atoms. The second-order valence-electron chi connectivity index (χ2n) is 4.29. The molecule has 0 radical (unpaired) electrons. The molecule has 0 saturated heterocycles. The van der Waals surface area contributed by atoms with E-state index in [0.717, 1.165) is 5.69 Å². The van der Waals surface area contributed by atoms with Gasteiger partial charge in [-0.25, -0.2) is 4.79 Å². The van der Waals surface area contributed by atoms with Crippen LogP contribution >= 0.6 is 0 Å². The second kappa shape index (κ2) is 8.16. The molecule has 112 valence electrons. The molecule has 0 saturated carbocycles. The highest BCUT2D eigenvalue weighted by Crippen LogP contribution is 1.97. The molecular weight excluding hydrogens is 264 g/mol. The average molecular weight is 284 g/mol. The molecule has 3 N–H and O–H groups in total. The number of ether oxygens (including phenoxy) is 1. The van der Waals surface area contributed by atoms with Crippen LogP contribution in [0.1, 0.15) is 12.1 Å². The maximum Gasteiger partial charge on any atom is 0.314 e. The first-order valence-electron chi connectivity index (χ1n) is 6.26. The van der Waals surface area contributed by atoms with Crippen molar-refractivity contribution in [1.82, 2.24) is 20.4 Å². The Morgan fingerprint density at radius 3 is 2.80 bits per heavy atom. The predicted molar refractivity (Wildman–Crippen MR) is 71.4 cm³/mol. The molecule has 0 fully saturated rings. The Balaban J connectivity index is 2.20. The highest BCUT2D eigenvalue weighted by atomic mass is 16.5. The Kier molecular flexibility index (Phi) is 6.51. The molecule has 0 aliphatic carbocycles. The van der Waals surface area contributed by atoms with Gasteiger partial charge < -0.3 is 20.5 Å². The van der Waals surface area contributed by atoms with Crippen molar-refractivity contribution < 1.29 is 19.4 Å². The lowest BCUT2D eigenvalue weighted by Gasteiger charge is -2.14. The van der Waals surface area contributed by atoms with Crippen LogP contribution in [0.15, 0.2) is 12.3 Å². The van der Waals surface area contributed by atoms with Crippen LogP contribution in [0.4, 0.5) is 4.79 Å². The zero-order valence-corrected chi connectivity index (χ0v) is 11.6. The van der Waals surface area contributed by atoms with Gasteiger partial charge in [-0.05, 0) is 6.07 Å². The molecule has 1 aromatic heterocycles. The van der Waals surface area contributed by atoms with E-state index in [1.165, 1.54) is 7.11 Å². The van der Waals surface area contributed by atoms with E-state index in [0.29, 0.717) is 13.0 Å². The smallest absolute Gasteiger partial charge is 0.314 e. The number of carbonyl (C=O) groups excluding carboxylic acids is 1. The molecule has 1 heterocycles. The molecule has 0 spiro atoms. The number of carbonyl (C=O) groups is 2. The van der Waals surface area contributed by atoms with Crippen LogP contribution in [0.5, 0.6) is 0 Å². The number of carboxylic acids is 1. The predicted octanol–water partition coefficient (Wildman–Crippen LogP) is -0.248. The summed E-state index contributed by atoms with van der Waals surface area (Å²) in [5, 5.41) is 17.9. The fourth-order valence-electron chi connectivity index (χ4n) is 1.65. The Hall–Kier alpha value is -2.09. The van der Waals surface area contributed by atoms with Gasteiger partial charge in [0.2, 0.25) is 0 Å². The van der Waals surface area contributed by atoms with E-state index in [2.05, 4.69) is 15.7 Å². The molecule has 1 atom stereocenters. The number of aliphatic carboxylic acids is 1. The molecule has 0 aliphatic heterocycles. The van der Waals surface area contributed by atoms with Crippen molar-refractivity contribution in [2.24, 2.45) is 7.05 Å². The van der Waals surface area contributed by atoms with Gasteiger partial charge in [0.25, 0.3) is 0 Å². The van der Waals surface area contributed by atoms with Gasteiger partial charge in [0, 0.05) is 45.6 Å². The number of amides is 2. The SMILES string of the molecule is COC(CNC(=O)NCCc1ccnn1C)CC(=O)O. The molecule has 8 nitrogen and oxygen atoms in total. The minimum absolute atomic E-state index is 0.147. The second-order valence-corrected chi connectivity index (χ2v) is 4.29. The van der Waals surface area contributed by atoms with Gasteiger partial charge in [0.1, 0.15) is 0 Å². The summed E-state index contributed by atoms with van der Waals surface area (Å²) in [6.07, 6.45) is 1.69. The van der Waals surface area contributed by atoms with Crippen LogP contribution in [0.25, 0.3) is 0 Å². The van der Waals surface area contributed by atoms with Crippen molar-refractivity contribution in [2.45, 2.75) is 18.9 Å². The third-order valence-electron chi connectivity index (χ3n) is 2.82. The van der Waals surface area contributed by atoms with Crippen molar-refractivity contribution in [2.75, 3.05) is 20.2 Å². The normalized spacial score (nSPS) is 11.9. The van der Waals surface area contributed by atoms with Gasteiger partial charge in [-0.15, -0.1) is 0 Å². The average Bonchev–Trinajstić information content (AvgIpc) is 2.80. The summed E-state index contributed by atoms with van der Waals surface area (Å²) in [7, 11) is 3.25. The summed E-state index contributed by atoms with van der Waals surface area (Å²) in [4.78, 5) is 22.0. The number of hydrogen-bond donors (Lipinski definition) is 3. The summed E-state index contributed by atoms with van der Waals surface area (Å²) < 4.78 is 6.70. The number of aromatic nitrogens is 2. The van der Waals surface area contributed by atoms with Crippen molar-refractivity contribution >= 4 is 12.0 Å². The van der Waals surface area contributed by atoms with Crippen molar-refractivity contribution in [1.29, 1.82) is 0 Å². The molecule has 2 amide bonds. The van der Waals surface area contributed by atoms with Crippen LogP contribution < -0.4 is 10.6 Å². The molecule has 20 heavy (non-hydrogen) atoms. The van der Waals surface area contributed by atoms with E-state index >= 15 is 0 Å². The Morgan fingerprint density at radius 2 is 2.25 bits per heavy atom. The zero-order chi connectivity index (χ0) is 15.0. The number of aryl methyl sites for hydroxylation is 1. The maximum absolute atomic E-state index is 11.5. The lowest BCUT2D eigenvalue weighted by atomic mass is 10.2. The molecule has 0 aliphatic rings. The lowest BCUT2D eigenvalue weighted by molar-refractivity contribution is -0.139. The number of hydrogen-bond acceptors (Lipinski definition) is 4. The van der Waals surface area contributed by atoms with Crippen LogP contribution in [-0.4, -0.2) is 53.2 Å². The Labute approximate surface area is 117 Å². The first-order valence-corrected chi connectivity index (χ1v) is 6.26. The third-order valence-corrected chi connectivity index (χ3v) is 2.82. The quantitative estimate of drug-likeness (QED) is 0.610. The molecule has 1 unspecified atom stereocenters. The number of nitrogens with zero attached hydrogens (tertiary/aromatic N) is 2.